The molecule has 30 heavy (non-hydrogen) atoms. The molecule has 1 atom stereocenters. The maximum absolute atomic E-state index is 13.5. The molecule has 3 rings (SSSR count). The second-order valence-corrected chi connectivity index (χ2v) is 7.88. The Morgan fingerprint density at radius 1 is 1.17 bits per heavy atom. The molecular formula is C21H27ClN4O4. The number of carbonyl (C=O) groups is 3. The zero-order valence-electron chi connectivity index (χ0n) is 17.4. The predicted octanol–water partition coefficient (Wildman–Crippen LogP) is 2.00. The van der Waals surface area contributed by atoms with E-state index in [4.69, 9.17) is 16.3 Å². The summed E-state index contributed by atoms with van der Waals surface area (Å²) in [6.07, 6.45) is 4.67. The fourth-order valence-corrected chi connectivity index (χ4v) is 4.22. The van der Waals surface area contributed by atoms with E-state index < -0.39 is 17.9 Å². The highest BCUT2D eigenvalue weighted by Gasteiger charge is 2.49. The van der Waals surface area contributed by atoms with Gasteiger partial charge in [0.25, 0.3) is 5.91 Å². The number of hydrazine groups is 1. The molecule has 2 amide bonds. The minimum absolute atomic E-state index is 0.0215. The summed E-state index contributed by atoms with van der Waals surface area (Å²) in [5, 5.41) is 4.78. The van der Waals surface area contributed by atoms with Gasteiger partial charge in [-0.1, -0.05) is 30.9 Å². The zero-order chi connectivity index (χ0) is 21.8. The first kappa shape index (κ1) is 22.0. The van der Waals surface area contributed by atoms with Crippen molar-refractivity contribution in [3.8, 4) is 0 Å². The van der Waals surface area contributed by atoms with Gasteiger partial charge in [0, 0.05) is 25.2 Å². The van der Waals surface area contributed by atoms with E-state index >= 15 is 0 Å². The zero-order valence-corrected chi connectivity index (χ0v) is 18.2. The molecule has 0 aromatic heterocycles. The van der Waals surface area contributed by atoms with Crippen LogP contribution in [0, 0.1) is 0 Å². The first-order valence-corrected chi connectivity index (χ1v) is 10.4. The van der Waals surface area contributed by atoms with Crippen LogP contribution >= 0.6 is 11.6 Å². The molecule has 1 heterocycles. The highest BCUT2D eigenvalue weighted by Crippen LogP contribution is 2.34. The highest BCUT2D eigenvalue weighted by atomic mass is 35.5. The lowest BCUT2D eigenvalue weighted by molar-refractivity contribution is -0.140. The summed E-state index contributed by atoms with van der Waals surface area (Å²) in [7, 11) is 4.45. The summed E-state index contributed by atoms with van der Waals surface area (Å²) >= 11 is 5.95. The van der Waals surface area contributed by atoms with Crippen LogP contribution in [0.3, 0.4) is 0 Å². The molecule has 2 N–H and O–H groups in total. The number of likely N-dealkylation sites (N-methyl/N-ethyl adjacent to an activating group) is 1. The molecular weight excluding hydrogens is 408 g/mol. The minimum Gasteiger partial charge on any atom is -0.466 e. The smallest absolute Gasteiger partial charge is 0.338 e. The number of carbonyl (C=O) groups excluding carboxylic acids is 3. The van der Waals surface area contributed by atoms with Crippen LogP contribution in [0.25, 0.3) is 0 Å². The number of hydrogen-bond acceptors (Lipinski definition) is 6. The van der Waals surface area contributed by atoms with Crippen molar-refractivity contribution in [1.29, 1.82) is 0 Å². The minimum atomic E-state index is -1.03. The fourth-order valence-electron chi connectivity index (χ4n) is 4.10. The van der Waals surface area contributed by atoms with Gasteiger partial charge in [-0.3, -0.25) is 20.0 Å². The molecule has 1 saturated carbocycles. The van der Waals surface area contributed by atoms with Gasteiger partial charge in [-0.2, -0.15) is 0 Å². The fraction of sp³-hybridized carbons (Fsp3) is 0.476. The van der Waals surface area contributed by atoms with Crippen molar-refractivity contribution in [2.45, 2.75) is 44.2 Å². The van der Waals surface area contributed by atoms with Gasteiger partial charge >= 0.3 is 5.97 Å². The number of amides is 2. The van der Waals surface area contributed by atoms with Gasteiger partial charge in [0.15, 0.2) is 0 Å². The second kappa shape index (κ2) is 9.38. The Kier molecular flexibility index (Phi) is 6.87. The molecule has 1 aliphatic heterocycles. The molecule has 0 saturated heterocycles. The molecule has 8 nitrogen and oxygen atoms in total. The SMILES string of the molecule is CNC(=O)C1C(C(=O)OC)=C(NN(C)c2ccc(Cl)cc2)C(=O)N1C1CCCCC1. The lowest BCUT2D eigenvalue weighted by Gasteiger charge is -2.35. The Morgan fingerprint density at radius 2 is 1.80 bits per heavy atom. The second-order valence-electron chi connectivity index (χ2n) is 7.45. The normalized spacial score (nSPS) is 19.7. The number of ether oxygens (including phenoxy) is 1. The molecule has 1 aromatic carbocycles. The first-order chi connectivity index (χ1) is 14.4. The van der Waals surface area contributed by atoms with Gasteiger partial charge in [0.1, 0.15) is 11.7 Å². The van der Waals surface area contributed by atoms with E-state index in [0.29, 0.717) is 5.02 Å². The van der Waals surface area contributed by atoms with Crippen molar-refractivity contribution in [3.63, 3.8) is 0 Å². The van der Waals surface area contributed by atoms with E-state index in [1.54, 1.807) is 41.2 Å². The lowest BCUT2D eigenvalue weighted by Crippen LogP contribution is -2.52. The number of rotatable bonds is 6. The van der Waals surface area contributed by atoms with E-state index in [0.717, 1.165) is 37.8 Å². The summed E-state index contributed by atoms with van der Waals surface area (Å²) in [6, 6.07) is 5.88. The van der Waals surface area contributed by atoms with E-state index in [1.807, 2.05) is 0 Å². The van der Waals surface area contributed by atoms with Crippen molar-refractivity contribution >= 4 is 35.1 Å². The molecule has 9 heteroatoms. The highest BCUT2D eigenvalue weighted by molar-refractivity contribution is 6.30. The van der Waals surface area contributed by atoms with E-state index in [1.165, 1.54) is 14.2 Å². The molecule has 2 aliphatic rings. The van der Waals surface area contributed by atoms with Crippen LogP contribution in [0.4, 0.5) is 5.69 Å². The van der Waals surface area contributed by atoms with Crippen molar-refractivity contribution in [3.05, 3.63) is 40.6 Å². The van der Waals surface area contributed by atoms with Crippen LogP contribution in [0.15, 0.2) is 35.5 Å². The third kappa shape index (κ3) is 4.23. The van der Waals surface area contributed by atoms with Gasteiger partial charge in [0.2, 0.25) is 5.91 Å². The van der Waals surface area contributed by atoms with Crippen LogP contribution in [-0.2, 0) is 19.1 Å². The molecule has 1 unspecified atom stereocenters. The van der Waals surface area contributed by atoms with E-state index in [2.05, 4.69) is 10.7 Å². The number of nitrogens with one attached hydrogen (secondary N) is 2. The third-order valence-corrected chi connectivity index (χ3v) is 5.88. The number of benzene rings is 1. The van der Waals surface area contributed by atoms with E-state index in [-0.39, 0.29) is 23.2 Å². The number of methoxy groups -OCH3 is 1. The van der Waals surface area contributed by atoms with Crippen LogP contribution in [0.1, 0.15) is 32.1 Å². The quantitative estimate of drug-likeness (QED) is 0.525. The summed E-state index contributed by atoms with van der Waals surface area (Å²) in [6.45, 7) is 0. The summed E-state index contributed by atoms with van der Waals surface area (Å²) in [5.74, 6) is -1.50. The van der Waals surface area contributed by atoms with E-state index in [9.17, 15) is 14.4 Å². The maximum atomic E-state index is 13.5. The summed E-state index contributed by atoms with van der Waals surface area (Å²) in [4.78, 5) is 40.5. The number of hydrogen-bond donors (Lipinski definition) is 2. The number of halogens is 1. The topological polar surface area (TPSA) is 91.0 Å². The van der Waals surface area contributed by atoms with Crippen molar-refractivity contribution in [2.75, 3.05) is 26.2 Å². The largest absolute Gasteiger partial charge is 0.466 e. The predicted molar refractivity (Wildman–Crippen MR) is 114 cm³/mol. The molecule has 1 aliphatic carbocycles. The maximum Gasteiger partial charge on any atom is 0.338 e. The Hall–Kier alpha value is -2.74. The summed E-state index contributed by atoms with van der Waals surface area (Å²) in [5.41, 5.74) is 3.81. The average molecular weight is 435 g/mol. The molecule has 0 spiro atoms. The van der Waals surface area contributed by atoms with Crippen molar-refractivity contribution < 1.29 is 19.1 Å². The molecule has 162 valence electrons. The number of anilines is 1. The van der Waals surface area contributed by atoms with Gasteiger partial charge in [-0.25, -0.2) is 4.79 Å². The van der Waals surface area contributed by atoms with Crippen molar-refractivity contribution in [1.82, 2.24) is 15.6 Å². The van der Waals surface area contributed by atoms with Gasteiger partial charge in [0.05, 0.1) is 18.4 Å². The number of esters is 1. The Balaban J connectivity index is 2.00. The standard InChI is InChI=1S/C21H27ClN4O4/c1-23-19(27)18-16(21(29)30-3)17(20(28)26(18)15-7-5-4-6-8-15)24-25(2)14-11-9-13(22)10-12-14/h9-12,15,18,24H,4-8H2,1-3H3,(H,23,27). The van der Waals surface area contributed by atoms with Crippen LogP contribution < -0.4 is 15.8 Å². The molecule has 1 aromatic rings. The molecule has 0 bridgehead atoms. The Morgan fingerprint density at radius 3 is 2.37 bits per heavy atom. The van der Waals surface area contributed by atoms with Crippen LogP contribution in [0.5, 0.6) is 0 Å². The lowest BCUT2D eigenvalue weighted by atomic mass is 9.93. The summed E-state index contributed by atoms with van der Waals surface area (Å²) < 4.78 is 4.94. The molecule has 1 fully saturated rings. The Labute approximate surface area is 181 Å². The monoisotopic (exact) mass is 434 g/mol. The number of nitrogens with zero attached hydrogens (tertiary/aromatic N) is 2. The van der Waals surface area contributed by atoms with Gasteiger partial charge in [-0.15, -0.1) is 0 Å². The van der Waals surface area contributed by atoms with Crippen molar-refractivity contribution in [2.24, 2.45) is 0 Å². The van der Waals surface area contributed by atoms with Gasteiger partial charge < -0.3 is 15.0 Å². The van der Waals surface area contributed by atoms with Crippen LogP contribution in [0.2, 0.25) is 5.02 Å². The van der Waals surface area contributed by atoms with Gasteiger partial charge in [-0.05, 0) is 37.1 Å². The molecule has 0 radical (unpaired) electrons. The Bertz CT molecular complexity index is 849. The third-order valence-electron chi connectivity index (χ3n) is 5.63. The van der Waals surface area contributed by atoms with Crippen LogP contribution in [-0.4, -0.2) is 56.0 Å². The first-order valence-electron chi connectivity index (χ1n) is 10.0. The average Bonchev–Trinajstić information content (AvgIpc) is 3.05.